The number of thiophene rings is 1. The van der Waals surface area contributed by atoms with Crippen LogP contribution in [0.15, 0.2) is 66.0 Å². The van der Waals surface area contributed by atoms with E-state index in [1.807, 2.05) is 73.0 Å². The smallest absolute Gasteiger partial charge is 0.293 e. The summed E-state index contributed by atoms with van der Waals surface area (Å²) in [7, 11) is 0. The number of aromatic nitrogens is 3. The standard InChI is InChI=1S/C24H22N4O3S/c1-2-27(16-17-8-6-11-19-21(17)31-14-13-30-19)24(29)22-25-23(20-12-7-15-32-20)28(26-22)18-9-4-3-5-10-18/h3-12,15H,2,13-14,16H2,1H3. The minimum Gasteiger partial charge on any atom is -0.486 e. The average Bonchev–Trinajstić information content (AvgIpc) is 3.53. The van der Waals surface area contributed by atoms with Gasteiger partial charge in [-0.15, -0.1) is 16.4 Å². The van der Waals surface area contributed by atoms with Crippen LogP contribution in [0.1, 0.15) is 23.1 Å². The summed E-state index contributed by atoms with van der Waals surface area (Å²) >= 11 is 1.56. The van der Waals surface area contributed by atoms with Crippen molar-refractivity contribution in [2.45, 2.75) is 13.5 Å². The van der Waals surface area contributed by atoms with Gasteiger partial charge in [0.2, 0.25) is 5.82 Å². The first-order chi connectivity index (χ1) is 15.7. The number of fused-ring (bicyclic) bond motifs is 1. The molecule has 0 spiro atoms. The van der Waals surface area contributed by atoms with Gasteiger partial charge in [-0.3, -0.25) is 4.79 Å². The molecular formula is C24H22N4O3S. The normalized spacial score (nSPS) is 12.5. The molecule has 0 radical (unpaired) electrons. The van der Waals surface area contributed by atoms with E-state index in [1.165, 1.54) is 0 Å². The molecule has 2 aromatic carbocycles. The van der Waals surface area contributed by atoms with Gasteiger partial charge in [0.25, 0.3) is 5.91 Å². The van der Waals surface area contributed by atoms with E-state index in [0.29, 0.717) is 43.6 Å². The first-order valence-electron chi connectivity index (χ1n) is 10.5. The van der Waals surface area contributed by atoms with Crippen molar-refractivity contribution in [3.63, 3.8) is 0 Å². The highest BCUT2D eigenvalue weighted by molar-refractivity contribution is 7.13. The number of para-hydroxylation sites is 2. The van der Waals surface area contributed by atoms with Gasteiger partial charge in [-0.25, -0.2) is 9.67 Å². The minimum atomic E-state index is -0.227. The molecule has 0 bridgehead atoms. The van der Waals surface area contributed by atoms with E-state index in [9.17, 15) is 4.79 Å². The number of nitrogens with zero attached hydrogens (tertiary/aromatic N) is 4. The van der Waals surface area contributed by atoms with Crippen LogP contribution in [-0.4, -0.2) is 45.3 Å². The highest BCUT2D eigenvalue weighted by Crippen LogP contribution is 2.34. The van der Waals surface area contributed by atoms with Gasteiger partial charge in [0, 0.05) is 18.7 Å². The topological polar surface area (TPSA) is 69.5 Å². The van der Waals surface area contributed by atoms with Gasteiger partial charge in [0.1, 0.15) is 13.2 Å². The first-order valence-corrected chi connectivity index (χ1v) is 11.4. The highest BCUT2D eigenvalue weighted by Gasteiger charge is 2.25. The molecule has 1 amide bonds. The second kappa shape index (κ2) is 8.84. The number of carbonyl (C=O) groups is 1. The highest BCUT2D eigenvalue weighted by atomic mass is 32.1. The minimum absolute atomic E-state index is 0.168. The lowest BCUT2D eigenvalue weighted by Gasteiger charge is -2.24. The molecule has 2 aromatic heterocycles. The Labute approximate surface area is 189 Å². The van der Waals surface area contributed by atoms with Gasteiger partial charge in [0.15, 0.2) is 17.3 Å². The van der Waals surface area contributed by atoms with Crippen LogP contribution in [0.3, 0.4) is 0 Å². The molecule has 0 fully saturated rings. The molecule has 162 valence electrons. The number of ether oxygens (including phenoxy) is 2. The zero-order chi connectivity index (χ0) is 21.9. The second-order valence-electron chi connectivity index (χ2n) is 7.24. The number of hydrogen-bond acceptors (Lipinski definition) is 6. The molecule has 4 aromatic rings. The van der Waals surface area contributed by atoms with Crippen molar-refractivity contribution in [1.29, 1.82) is 0 Å². The van der Waals surface area contributed by atoms with Gasteiger partial charge in [-0.05, 0) is 36.6 Å². The Morgan fingerprint density at radius 1 is 1.06 bits per heavy atom. The molecule has 0 unspecified atom stereocenters. The Hall–Kier alpha value is -3.65. The van der Waals surface area contributed by atoms with E-state index in [0.717, 1.165) is 16.1 Å². The lowest BCUT2D eigenvalue weighted by Crippen LogP contribution is -2.31. The molecule has 0 saturated heterocycles. The fourth-order valence-electron chi connectivity index (χ4n) is 3.65. The number of amides is 1. The number of hydrogen-bond donors (Lipinski definition) is 0. The quantitative estimate of drug-likeness (QED) is 0.438. The third-order valence-corrected chi connectivity index (χ3v) is 6.08. The Balaban J connectivity index is 1.48. The summed E-state index contributed by atoms with van der Waals surface area (Å²) in [5.74, 6) is 2.01. The molecule has 5 rings (SSSR count). The van der Waals surface area contributed by atoms with Crippen LogP contribution in [0.4, 0.5) is 0 Å². The van der Waals surface area contributed by atoms with Gasteiger partial charge in [-0.2, -0.15) is 0 Å². The van der Waals surface area contributed by atoms with Crippen LogP contribution >= 0.6 is 11.3 Å². The zero-order valence-electron chi connectivity index (χ0n) is 17.6. The van der Waals surface area contributed by atoms with E-state index in [1.54, 1.807) is 20.9 Å². The van der Waals surface area contributed by atoms with Crippen molar-refractivity contribution in [1.82, 2.24) is 19.7 Å². The average molecular weight is 447 g/mol. The molecule has 0 N–H and O–H groups in total. The molecule has 1 aliphatic heterocycles. The molecule has 32 heavy (non-hydrogen) atoms. The fraction of sp³-hybridized carbons (Fsp3) is 0.208. The van der Waals surface area contributed by atoms with E-state index in [-0.39, 0.29) is 11.7 Å². The van der Waals surface area contributed by atoms with Crippen molar-refractivity contribution >= 4 is 17.2 Å². The van der Waals surface area contributed by atoms with Gasteiger partial charge in [0.05, 0.1) is 10.6 Å². The summed E-state index contributed by atoms with van der Waals surface area (Å²) in [5, 5.41) is 6.59. The largest absolute Gasteiger partial charge is 0.486 e. The van der Waals surface area contributed by atoms with Crippen molar-refractivity contribution in [2.75, 3.05) is 19.8 Å². The van der Waals surface area contributed by atoms with Gasteiger partial charge >= 0.3 is 0 Å². The van der Waals surface area contributed by atoms with E-state index in [4.69, 9.17) is 9.47 Å². The second-order valence-corrected chi connectivity index (χ2v) is 8.19. The molecule has 0 saturated carbocycles. The van der Waals surface area contributed by atoms with Crippen molar-refractivity contribution in [3.05, 3.63) is 77.4 Å². The Morgan fingerprint density at radius 3 is 2.69 bits per heavy atom. The Kier molecular flexibility index (Phi) is 5.60. The zero-order valence-corrected chi connectivity index (χ0v) is 18.4. The molecule has 0 atom stereocenters. The van der Waals surface area contributed by atoms with Gasteiger partial charge in [-0.1, -0.05) is 36.4 Å². The van der Waals surface area contributed by atoms with Crippen LogP contribution in [0.2, 0.25) is 0 Å². The molecule has 0 aliphatic carbocycles. The maximum absolute atomic E-state index is 13.4. The summed E-state index contributed by atoms with van der Waals surface area (Å²) in [6.45, 7) is 3.86. The lowest BCUT2D eigenvalue weighted by atomic mass is 10.1. The van der Waals surface area contributed by atoms with E-state index < -0.39 is 0 Å². The van der Waals surface area contributed by atoms with Crippen LogP contribution in [-0.2, 0) is 6.54 Å². The van der Waals surface area contributed by atoms with E-state index >= 15 is 0 Å². The summed E-state index contributed by atoms with van der Waals surface area (Å²) in [6.07, 6.45) is 0. The lowest BCUT2D eigenvalue weighted by molar-refractivity contribution is 0.0737. The predicted molar refractivity (Wildman–Crippen MR) is 123 cm³/mol. The Bertz CT molecular complexity index is 1220. The summed E-state index contributed by atoms with van der Waals surface area (Å²) < 4.78 is 13.2. The van der Waals surface area contributed by atoms with Crippen LogP contribution in [0.25, 0.3) is 16.4 Å². The maximum Gasteiger partial charge on any atom is 0.293 e. The van der Waals surface area contributed by atoms with Gasteiger partial charge < -0.3 is 14.4 Å². The molecule has 1 aliphatic rings. The van der Waals surface area contributed by atoms with E-state index in [2.05, 4.69) is 10.1 Å². The monoisotopic (exact) mass is 446 g/mol. The third-order valence-electron chi connectivity index (χ3n) is 5.22. The summed E-state index contributed by atoms with van der Waals surface area (Å²) in [6, 6.07) is 19.4. The van der Waals surface area contributed by atoms with Crippen molar-refractivity contribution < 1.29 is 14.3 Å². The van der Waals surface area contributed by atoms with Crippen molar-refractivity contribution in [2.24, 2.45) is 0 Å². The Morgan fingerprint density at radius 2 is 1.91 bits per heavy atom. The predicted octanol–water partition coefficient (Wildman–Crippen LogP) is 4.43. The molecule has 7 nitrogen and oxygen atoms in total. The molecular weight excluding hydrogens is 424 g/mol. The number of carbonyl (C=O) groups excluding carboxylic acids is 1. The fourth-order valence-corrected chi connectivity index (χ4v) is 4.35. The third kappa shape index (κ3) is 3.85. The van der Waals surface area contributed by atoms with Crippen LogP contribution in [0, 0.1) is 0 Å². The molecule has 8 heteroatoms. The SMILES string of the molecule is CCN(Cc1cccc2c1OCCO2)C(=O)c1nc(-c2cccs2)n(-c2ccccc2)n1. The molecule has 3 heterocycles. The summed E-state index contributed by atoms with van der Waals surface area (Å²) in [5.41, 5.74) is 1.76. The van der Waals surface area contributed by atoms with Crippen LogP contribution < -0.4 is 9.47 Å². The maximum atomic E-state index is 13.4. The number of rotatable bonds is 6. The van der Waals surface area contributed by atoms with Crippen LogP contribution in [0.5, 0.6) is 11.5 Å². The number of benzene rings is 2. The first kappa shape index (κ1) is 20.3. The van der Waals surface area contributed by atoms with Crippen molar-refractivity contribution in [3.8, 4) is 27.9 Å². The summed E-state index contributed by atoms with van der Waals surface area (Å²) in [4.78, 5) is 20.7.